The number of hydrogen-bond acceptors (Lipinski definition) is 4. The quantitative estimate of drug-likeness (QED) is 0.758. The van der Waals surface area contributed by atoms with Gasteiger partial charge in [-0.3, -0.25) is 0 Å². The predicted molar refractivity (Wildman–Crippen MR) is 74.1 cm³/mol. The molecule has 6 heteroatoms. The molecule has 110 valence electrons. The Morgan fingerprint density at radius 3 is 2.32 bits per heavy atom. The monoisotopic (exact) mass is 288 g/mol. The van der Waals surface area contributed by atoms with E-state index in [0.717, 1.165) is 25.7 Å². The standard InChI is InChI=1S/C13H24N2O3S/c1-18-10-7-11-19(16,17)15-13(12-14)8-5-3-2-4-6-9-13/h15H,2-11H2,1H3. The van der Waals surface area contributed by atoms with Crippen molar-refractivity contribution in [2.45, 2.75) is 56.9 Å². The van der Waals surface area contributed by atoms with Gasteiger partial charge in [-0.05, 0) is 19.3 Å². The Hall–Kier alpha value is -0.640. The van der Waals surface area contributed by atoms with Gasteiger partial charge in [0, 0.05) is 13.7 Å². The van der Waals surface area contributed by atoms with E-state index in [4.69, 9.17) is 4.74 Å². The zero-order valence-corrected chi connectivity index (χ0v) is 12.5. The van der Waals surface area contributed by atoms with Gasteiger partial charge in [-0.1, -0.05) is 32.1 Å². The van der Waals surface area contributed by atoms with Crippen LogP contribution in [-0.4, -0.2) is 33.4 Å². The molecule has 0 amide bonds. The number of nitrogens with one attached hydrogen (secondary N) is 1. The maximum atomic E-state index is 12.0. The first kappa shape index (κ1) is 16.4. The van der Waals surface area contributed by atoms with E-state index in [1.807, 2.05) is 0 Å². The summed E-state index contributed by atoms with van der Waals surface area (Å²) in [5, 5.41) is 9.39. The van der Waals surface area contributed by atoms with Crippen LogP contribution in [0.5, 0.6) is 0 Å². The predicted octanol–water partition coefficient (Wildman–Crippen LogP) is 1.95. The minimum absolute atomic E-state index is 0.0181. The van der Waals surface area contributed by atoms with Gasteiger partial charge >= 0.3 is 0 Å². The molecule has 1 rings (SSSR count). The molecule has 0 saturated heterocycles. The lowest BCUT2D eigenvalue weighted by molar-refractivity contribution is 0.199. The normalized spacial score (nSPS) is 20.2. The molecule has 0 aromatic carbocycles. The molecule has 5 nitrogen and oxygen atoms in total. The van der Waals surface area contributed by atoms with Gasteiger partial charge in [0.05, 0.1) is 11.8 Å². The minimum atomic E-state index is -3.40. The van der Waals surface area contributed by atoms with Crippen LogP contribution in [0.25, 0.3) is 0 Å². The fourth-order valence-corrected chi connectivity index (χ4v) is 3.93. The van der Waals surface area contributed by atoms with Crippen molar-refractivity contribution in [1.29, 1.82) is 5.26 Å². The minimum Gasteiger partial charge on any atom is -0.385 e. The van der Waals surface area contributed by atoms with Crippen LogP contribution in [0.2, 0.25) is 0 Å². The lowest BCUT2D eigenvalue weighted by Crippen LogP contribution is -2.48. The van der Waals surface area contributed by atoms with E-state index < -0.39 is 15.6 Å². The van der Waals surface area contributed by atoms with Crippen LogP contribution < -0.4 is 4.72 Å². The maximum Gasteiger partial charge on any atom is 0.213 e. The summed E-state index contributed by atoms with van der Waals surface area (Å²) >= 11 is 0. The van der Waals surface area contributed by atoms with E-state index in [9.17, 15) is 13.7 Å². The number of nitriles is 1. The lowest BCUT2D eigenvalue weighted by atomic mass is 9.86. The first-order chi connectivity index (χ1) is 9.04. The summed E-state index contributed by atoms with van der Waals surface area (Å²) in [6.07, 6.45) is 6.85. The molecule has 0 radical (unpaired) electrons. The van der Waals surface area contributed by atoms with Gasteiger partial charge in [0.2, 0.25) is 10.0 Å². The van der Waals surface area contributed by atoms with Gasteiger partial charge in [0.1, 0.15) is 5.54 Å². The Kier molecular flexibility index (Phi) is 6.76. The van der Waals surface area contributed by atoms with E-state index >= 15 is 0 Å². The Morgan fingerprint density at radius 1 is 1.21 bits per heavy atom. The first-order valence-electron chi connectivity index (χ1n) is 6.95. The van der Waals surface area contributed by atoms with Gasteiger partial charge in [-0.15, -0.1) is 0 Å². The Bertz CT molecular complexity index is 393. The average molecular weight is 288 g/mol. The molecular formula is C13H24N2O3S. The highest BCUT2D eigenvalue weighted by Crippen LogP contribution is 2.26. The molecule has 0 bridgehead atoms. The van der Waals surface area contributed by atoms with Crippen LogP contribution in [0.3, 0.4) is 0 Å². The van der Waals surface area contributed by atoms with Gasteiger partial charge in [0.15, 0.2) is 0 Å². The zero-order chi connectivity index (χ0) is 14.2. The van der Waals surface area contributed by atoms with Gasteiger partial charge in [-0.2, -0.15) is 9.98 Å². The van der Waals surface area contributed by atoms with E-state index in [1.54, 1.807) is 7.11 Å². The molecule has 19 heavy (non-hydrogen) atoms. The number of ether oxygens (including phenoxy) is 1. The summed E-state index contributed by atoms with van der Waals surface area (Å²) in [5.41, 5.74) is -0.897. The van der Waals surface area contributed by atoms with Crippen molar-refractivity contribution >= 4 is 10.0 Å². The molecule has 1 saturated carbocycles. The second kappa shape index (κ2) is 7.83. The highest BCUT2D eigenvalue weighted by Gasteiger charge is 2.34. The Morgan fingerprint density at radius 2 is 1.79 bits per heavy atom. The van der Waals surface area contributed by atoms with Gasteiger partial charge in [-0.25, -0.2) is 8.42 Å². The summed E-state index contributed by atoms with van der Waals surface area (Å²) in [7, 11) is -1.86. The van der Waals surface area contributed by atoms with Crippen molar-refractivity contribution in [2.24, 2.45) is 0 Å². The summed E-state index contributed by atoms with van der Waals surface area (Å²) in [6, 6.07) is 2.21. The van der Waals surface area contributed by atoms with Crippen molar-refractivity contribution in [3.63, 3.8) is 0 Å². The molecule has 0 aromatic rings. The SMILES string of the molecule is COCCCS(=O)(=O)NC1(C#N)CCCCCCC1. The Balaban J connectivity index is 2.65. The van der Waals surface area contributed by atoms with Crippen LogP contribution in [0.15, 0.2) is 0 Å². The third kappa shape index (κ3) is 5.89. The van der Waals surface area contributed by atoms with Crippen molar-refractivity contribution in [2.75, 3.05) is 19.5 Å². The highest BCUT2D eigenvalue weighted by atomic mass is 32.2. The zero-order valence-electron chi connectivity index (χ0n) is 11.7. The smallest absolute Gasteiger partial charge is 0.213 e. The van der Waals surface area contributed by atoms with Crippen molar-refractivity contribution in [1.82, 2.24) is 4.72 Å². The second-order valence-corrected chi connectivity index (χ2v) is 7.07. The molecule has 0 aliphatic heterocycles. The summed E-state index contributed by atoms with van der Waals surface area (Å²) in [5.74, 6) is 0.0181. The van der Waals surface area contributed by atoms with Crippen molar-refractivity contribution < 1.29 is 13.2 Å². The molecule has 0 aromatic heterocycles. The average Bonchev–Trinajstić information content (AvgIpc) is 2.33. The number of rotatable bonds is 6. The highest BCUT2D eigenvalue weighted by molar-refractivity contribution is 7.89. The van der Waals surface area contributed by atoms with Crippen LogP contribution in [0, 0.1) is 11.3 Å². The van der Waals surface area contributed by atoms with Crippen molar-refractivity contribution in [3.05, 3.63) is 0 Å². The van der Waals surface area contributed by atoms with E-state index in [-0.39, 0.29) is 5.75 Å². The molecule has 0 heterocycles. The number of methoxy groups -OCH3 is 1. The third-order valence-electron chi connectivity index (χ3n) is 3.53. The molecule has 1 fully saturated rings. The fraction of sp³-hybridized carbons (Fsp3) is 0.923. The van der Waals surface area contributed by atoms with Gasteiger partial charge < -0.3 is 4.74 Å². The second-order valence-electron chi connectivity index (χ2n) is 5.23. The van der Waals surface area contributed by atoms with E-state index in [2.05, 4.69) is 10.8 Å². The largest absolute Gasteiger partial charge is 0.385 e. The molecule has 1 aliphatic carbocycles. The van der Waals surface area contributed by atoms with Crippen LogP contribution in [0.4, 0.5) is 0 Å². The van der Waals surface area contributed by atoms with Crippen LogP contribution in [-0.2, 0) is 14.8 Å². The maximum absolute atomic E-state index is 12.0. The number of hydrogen-bond donors (Lipinski definition) is 1. The summed E-state index contributed by atoms with van der Waals surface area (Å²) in [6.45, 7) is 0.417. The summed E-state index contributed by atoms with van der Waals surface area (Å²) in [4.78, 5) is 0. The lowest BCUT2D eigenvalue weighted by Gasteiger charge is -2.29. The van der Waals surface area contributed by atoms with E-state index in [1.165, 1.54) is 6.42 Å². The molecule has 1 N–H and O–H groups in total. The molecule has 0 spiro atoms. The Labute approximate surface area is 116 Å². The van der Waals surface area contributed by atoms with Crippen LogP contribution >= 0.6 is 0 Å². The van der Waals surface area contributed by atoms with E-state index in [0.29, 0.717) is 25.9 Å². The number of sulfonamides is 1. The molecule has 1 aliphatic rings. The number of nitrogens with zero attached hydrogens (tertiary/aromatic N) is 1. The fourth-order valence-electron chi connectivity index (χ4n) is 2.49. The molecule has 0 unspecified atom stereocenters. The van der Waals surface area contributed by atoms with Crippen LogP contribution in [0.1, 0.15) is 51.4 Å². The first-order valence-corrected chi connectivity index (χ1v) is 8.61. The van der Waals surface area contributed by atoms with Crippen molar-refractivity contribution in [3.8, 4) is 6.07 Å². The summed E-state index contributed by atoms with van der Waals surface area (Å²) < 4.78 is 31.5. The third-order valence-corrected chi connectivity index (χ3v) is 5.06. The topological polar surface area (TPSA) is 79.2 Å². The molecule has 0 atom stereocenters. The molecular weight excluding hydrogens is 264 g/mol. The van der Waals surface area contributed by atoms with Gasteiger partial charge in [0.25, 0.3) is 0 Å².